The number of carbonyl (C=O) groups excluding carboxylic acids is 1. The second kappa shape index (κ2) is 7.56. The van der Waals surface area contributed by atoms with Crippen LogP contribution in [0.4, 0.5) is 0 Å². The quantitative estimate of drug-likeness (QED) is 0.734. The molecule has 0 aliphatic heterocycles. The molecule has 1 atom stereocenters. The first-order valence-electron chi connectivity index (χ1n) is 8.62. The van der Waals surface area contributed by atoms with Crippen LogP contribution in [0.25, 0.3) is 0 Å². The van der Waals surface area contributed by atoms with E-state index in [0.717, 1.165) is 17.1 Å². The molecular weight excluding hydrogens is 302 g/mol. The van der Waals surface area contributed by atoms with E-state index in [1.165, 1.54) is 12.8 Å². The Bertz CT molecular complexity index is 644. The molecule has 0 N–H and O–H groups in total. The van der Waals surface area contributed by atoms with Crippen molar-refractivity contribution in [1.29, 1.82) is 0 Å². The Hall–Kier alpha value is -2.23. The van der Waals surface area contributed by atoms with E-state index < -0.39 is 0 Å². The third-order valence-corrected chi connectivity index (χ3v) is 4.79. The minimum atomic E-state index is 0.196. The normalized spacial score (nSPS) is 15.1. The molecule has 1 aromatic carbocycles. The average Bonchev–Trinajstić information content (AvgIpc) is 3.33. The van der Waals surface area contributed by atoms with Crippen LogP contribution in [0.1, 0.15) is 37.5 Å². The highest BCUT2D eigenvalue weighted by atomic mass is 16.5. The lowest BCUT2D eigenvalue weighted by Crippen LogP contribution is -2.39. The Kier molecular flexibility index (Phi) is 5.24. The van der Waals surface area contributed by atoms with Crippen LogP contribution in [0.5, 0.6) is 5.75 Å². The number of ether oxygens (including phenoxy) is 1. The smallest absolute Gasteiger partial charge is 0.223 e. The van der Waals surface area contributed by atoms with Crippen molar-refractivity contribution in [3.05, 3.63) is 54.0 Å². The van der Waals surface area contributed by atoms with Gasteiger partial charge in [0.2, 0.25) is 5.91 Å². The number of carbonyl (C=O) groups is 1. The van der Waals surface area contributed by atoms with Crippen LogP contribution >= 0.6 is 0 Å². The second-order valence-corrected chi connectivity index (χ2v) is 6.53. The third-order valence-electron chi connectivity index (χ3n) is 4.79. The van der Waals surface area contributed by atoms with Crippen molar-refractivity contribution < 1.29 is 13.9 Å². The molecule has 4 nitrogen and oxygen atoms in total. The average molecular weight is 327 g/mol. The van der Waals surface area contributed by atoms with E-state index in [2.05, 4.69) is 6.92 Å². The predicted molar refractivity (Wildman–Crippen MR) is 92.8 cm³/mol. The Morgan fingerprint density at radius 1 is 1.29 bits per heavy atom. The lowest BCUT2D eigenvalue weighted by molar-refractivity contribution is -0.134. The second-order valence-electron chi connectivity index (χ2n) is 6.53. The maximum absolute atomic E-state index is 12.8. The van der Waals surface area contributed by atoms with Gasteiger partial charge in [-0.15, -0.1) is 0 Å². The van der Waals surface area contributed by atoms with Gasteiger partial charge in [0.25, 0.3) is 0 Å². The third kappa shape index (κ3) is 4.19. The topological polar surface area (TPSA) is 42.7 Å². The first-order valence-corrected chi connectivity index (χ1v) is 8.62. The molecule has 1 fully saturated rings. The summed E-state index contributed by atoms with van der Waals surface area (Å²) in [5.41, 5.74) is 1.13. The van der Waals surface area contributed by atoms with Gasteiger partial charge in [-0.3, -0.25) is 4.79 Å². The summed E-state index contributed by atoms with van der Waals surface area (Å²) in [5, 5.41) is 0. The largest absolute Gasteiger partial charge is 0.497 e. The summed E-state index contributed by atoms with van der Waals surface area (Å²) in [4.78, 5) is 14.8. The van der Waals surface area contributed by atoms with E-state index in [9.17, 15) is 4.79 Å². The van der Waals surface area contributed by atoms with E-state index in [1.807, 2.05) is 41.3 Å². The first-order chi connectivity index (χ1) is 11.7. The molecule has 128 valence electrons. The Morgan fingerprint density at radius 2 is 2.04 bits per heavy atom. The van der Waals surface area contributed by atoms with Crippen molar-refractivity contribution in [2.24, 2.45) is 5.92 Å². The molecule has 1 unspecified atom stereocenters. The molecule has 1 aromatic heterocycles. The number of amides is 1. The number of nitrogens with zero attached hydrogens (tertiary/aromatic N) is 1. The summed E-state index contributed by atoms with van der Waals surface area (Å²) in [6.45, 7) is 2.82. The highest BCUT2D eigenvalue weighted by Crippen LogP contribution is 2.36. The van der Waals surface area contributed by atoms with Crippen molar-refractivity contribution in [3.8, 4) is 5.75 Å². The van der Waals surface area contributed by atoms with Crippen LogP contribution in [-0.2, 0) is 17.8 Å². The number of furan rings is 1. The van der Waals surface area contributed by atoms with Crippen LogP contribution in [0, 0.1) is 5.92 Å². The number of aryl methyl sites for hydroxylation is 1. The van der Waals surface area contributed by atoms with Gasteiger partial charge in [-0.1, -0.05) is 12.1 Å². The lowest BCUT2D eigenvalue weighted by atomic mass is 10.1. The van der Waals surface area contributed by atoms with Gasteiger partial charge in [0.15, 0.2) is 0 Å². The Morgan fingerprint density at radius 3 is 2.62 bits per heavy atom. The zero-order valence-corrected chi connectivity index (χ0v) is 14.4. The molecular formula is C20H25NO3. The van der Waals surface area contributed by atoms with E-state index in [-0.39, 0.29) is 11.9 Å². The first kappa shape index (κ1) is 16.6. The van der Waals surface area contributed by atoms with Gasteiger partial charge in [0, 0.05) is 25.4 Å². The van der Waals surface area contributed by atoms with Gasteiger partial charge in [-0.25, -0.2) is 0 Å². The molecule has 0 saturated heterocycles. The summed E-state index contributed by atoms with van der Waals surface area (Å²) in [7, 11) is 1.66. The zero-order chi connectivity index (χ0) is 16.9. The number of hydrogen-bond acceptors (Lipinski definition) is 3. The van der Waals surface area contributed by atoms with Gasteiger partial charge in [0.1, 0.15) is 11.5 Å². The highest BCUT2D eigenvalue weighted by Gasteiger charge is 2.34. The van der Waals surface area contributed by atoms with Crippen molar-refractivity contribution in [2.75, 3.05) is 7.11 Å². The molecule has 3 rings (SSSR count). The highest BCUT2D eigenvalue weighted by molar-refractivity contribution is 5.76. The monoisotopic (exact) mass is 327 g/mol. The lowest BCUT2D eigenvalue weighted by Gasteiger charge is -2.30. The van der Waals surface area contributed by atoms with Crippen LogP contribution in [0.2, 0.25) is 0 Å². The van der Waals surface area contributed by atoms with Gasteiger partial charge < -0.3 is 14.1 Å². The van der Waals surface area contributed by atoms with Crippen molar-refractivity contribution in [3.63, 3.8) is 0 Å². The molecule has 1 aliphatic rings. The molecule has 0 spiro atoms. The molecule has 1 aliphatic carbocycles. The number of methoxy groups -OCH3 is 1. The number of benzene rings is 1. The Labute approximate surface area is 143 Å². The van der Waals surface area contributed by atoms with Gasteiger partial charge >= 0.3 is 0 Å². The predicted octanol–water partition coefficient (Wildman–Crippen LogP) is 4.05. The summed E-state index contributed by atoms with van der Waals surface area (Å²) >= 11 is 0. The number of hydrogen-bond donors (Lipinski definition) is 0. The SMILES string of the molecule is COc1ccc(CN(C(=O)CCc2ccco2)C(C)C2CC2)cc1. The molecule has 2 aromatic rings. The van der Waals surface area contributed by atoms with E-state index in [1.54, 1.807) is 13.4 Å². The van der Waals surface area contributed by atoms with E-state index in [0.29, 0.717) is 25.3 Å². The summed E-state index contributed by atoms with van der Waals surface area (Å²) in [6, 6.07) is 12.0. The van der Waals surface area contributed by atoms with Gasteiger partial charge in [-0.2, -0.15) is 0 Å². The van der Waals surface area contributed by atoms with Gasteiger partial charge in [0.05, 0.1) is 13.4 Å². The van der Waals surface area contributed by atoms with Crippen LogP contribution < -0.4 is 4.74 Å². The molecule has 4 heteroatoms. The standard InChI is InChI=1S/C20H25NO3/c1-15(17-7-8-17)21(14-16-5-9-18(23-2)10-6-16)20(22)12-11-19-4-3-13-24-19/h3-6,9-10,13,15,17H,7-8,11-12,14H2,1-2H3. The minimum absolute atomic E-state index is 0.196. The fourth-order valence-corrected chi connectivity index (χ4v) is 3.05. The van der Waals surface area contributed by atoms with Crippen LogP contribution in [0.3, 0.4) is 0 Å². The summed E-state index contributed by atoms with van der Waals surface area (Å²) in [5.74, 6) is 2.55. The minimum Gasteiger partial charge on any atom is -0.497 e. The van der Waals surface area contributed by atoms with Crippen molar-refractivity contribution in [2.45, 2.75) is 45.2 Å². The molecule has 24 heavy (non-hydrogen) atoms. The molecule has 1 saturated carbocycles. The van der Waals surface area contributed by atoms with E-state index >= 15 is 0 Å². The molecule has 0 radical (unpaired) electrons. The van der Waals surface area contributed by atoms with Crippen LogP contribution in [-0.4, -0.2) is 24.0 Å². The maximum Gasteiger partial charge on any atom is 0.223 e. The van der Waals surface area contributed by atoms with Gasteiger partial charge in [-0.05, 0) is 55.5 Å². The maximum atomic E-state index is 12.8. The fraction of sp³-hybridized carbons (Fsp3) is 0.450. The molecule has 1 amide bonds. The number of rotatable bonds is 8. The van der Waals surface area contributed by atoms with Crippen LogP contribution in [0.15, 0.2) is 47.1 Å². The summed E-state index contributed by atoms with van der Waals surface area (Å²) < 4.78 is 10.5. The zero-order valence-electron chi connectivity index (χ0n) is 14.4. The summed E-state index contributed by atoms with van der Waals surface area (Å²) in [6.07, 6.45) is 5.25. The van der Waals surface area contributed by atoms with E-state index in [4.69, 9.17) is 9.15 Å². The van der Waals surface area contributed by atoms with Crippen molar-refractivity contribution in [1.82, 2.24) is 4.90 Å². The van der Waals surface area contributed by atoms with Crippen molar-refractivity contribution >= 4 is 5.91 Å². The Balaban J connectivity index is 1.66. The fourth-order valence-electron chi connectivity index (χ4n) is 3.05. The molecule has 1 heterocycles. The molecule has 0 bridgehead atoms.